The summed E-state index contributed by atoms with van der Waals surface area (Å²) in [7, 11) is 0. The number of para-hydroxylation sites is 1. The highest BCUT2D eigenvalue weighted by Gasteiger charge is 2.10. The maximum atomic E-state index is 4.55. The average Bonchev–Trinajstić information content (AvgIpc) is 3.07. The van der Waals surface area contributed by atoms with E-state index in [1.165, 1.54) is 0 Å². The molecule has 3 rings (SSSR count). The van der Waals surface area contributed by atoms with Crippen molar-refractivity contribution < 1.29 is 0 Å². The van der Waals surface area contributed by atoms with Gasteiger partial charge < -0.3 is 5.32 Å². The van der Waals surface area contributed by atoms with Gasteiger partial charge in [0.25, 0.3) is 0 Å². The summed E-state index contributed by atoms with van der Waals surface area (Å²) in [6.07, 6.45) is 5.90. The normalized spacial score (nSPS) is 11.0. The standard InChI is InChI=1S/C16H19N5/c1-12(2)21-11-15(9-17-21)20-10-13(3)18-16(20)19-14-7-5-4-6-8-14/h4-12H,1-3H3,(H,18,19). The summed E-state index contributed by atoms with van der Waals surface area (Å²) in [6.45, 7) is 6.21. The van der Waals surface area contributed by atoms with E-state index in [4.69, 9.17) is 0 Å². The topological polar surface area (TPSA) is 47.7 Å². The molecular formula is C16H19N5. The van der Waals surface area contributed by atoms with Gasteiger partial charge in [0, 0.05) is 24.1 Å². The third-order valence-corrected chi connectivity index (χ3v) is 3.25. The Labute approximate surface area is 124 Å². The highest BCUT2D eigenvalue weighted by molar-refractivity contribution is 5.55. The summed E-state index contributed by atoms with van der Waals surface area (Å²) in [4.78, 5) is 4.55. The Hall–Kier alpha value is -2.56. The second-order valence-corrected chi connectivity index (χ2v) is 5.34. The van der Waals surface area contributed by atoms with E-state index in [9.17, 15) is 0 Å². The zero-order chi connectivity index (χ0) is 14.8. The molecule has 0 aliphatic carbocycles. The molecule has 0 aliphatic heterocycles. The summed E-state index contributed by atoms with van der Waals surface area (Å²) >= 11 is 0. The van der Waals surface area contributed by atoms with Crippen LogP contribution in [-0.4, -0.2) is 19.3 Å². The molecule has 0 spiro atoms. The van der Waals surface area contributed by atoms with Crippen LogP contribution in [0.1, 0.15) is 25.6 Å². The Morgan fingerprint density at radius 1 is 1.10 bits per heavy atom. The van der Waals surface area contributed by atoms with Crippen LogP contribution in [0.5, 0.6) is 0 Å². The number of benzene rings is 1. The van der Waals surface area contributed by atoms with Gasteiger partial charge in [-0.2, -0.15) is 5.10 Å². The second kappa shape index (κ2) is 5.44. The maximum Gasteiger partial charge on any atom is 0.212 e. The van der Waals surface area contributed by atoms with E-state index in [2.05, 4.69) is 29.2 Å². The third kappa shape index (κ3) is 2.81. The average molecular weight is 281 g/mol. The first kappa shape index (κ1) is 13.4. The lowest BCUT2D eigenvalue weighted by molar-refractivity contribution is 0.532. The van der Waals surface area contributed by atoms with Crippen LogP contribution in [0.3, 0.4) is 0 Å². The van der Waals surface area contributed by atoms with Crippen molar-refractivity contribution in [2.75, 3.05) is 5.32 Å². The summed E-state index contributed by atoms with van der Waals surface area (Å²) in [5, 5.41) is 7.73. The molecular weight excluding hydrogens is 262 g/mol. The Morgan fingerprint density at radius 2 is 1.86 bits per heavy atom. The summed E-state index contributed by atoms with van der Waals surface area (Å²) < 4.78 is 3.96. The van der Waals surface area contributed by atoms with Crippen LogP contribution in [0.15, 0.2) is 48.9 Å². The van der Waals surface area contributed by atoms with Gasteiger partial charge in [0.15, 0.2) is 0 Å². The van der Waals surface area contributed by atoms with Crippen LogP contribution in [0.25, 0.3) is 5.69 Å². The van der Waals surface area contributed by atoms with Crippen molar-refractivity contribution in [1.82, 2.24) is 19.3 Å². The quantitative estimate of drug-likeness (QED) is 0.793. The zero-order valence-electron chi connectivity index (χ0n) is 12.5. The van der Waals surface area contributed by atoms with Crippen LogP contribution in [0, 0.1) is 6.92 Å². The molecule has 108 valence electrons. The van der Waals surface area contributed by atoms with Gasteiger partial charge in [0.2, 0.25) is 5.95 Å². The molecule has 0 saturated heterocycles. The largest absolute Gasteiger partial charge is 0.325 e. The molecule has 5 heteroatoms. The van der Waals surface area contributed by atoms with Crippen molar-refractivity contribution in [2.24, 2.45) is 0 Å². The molecule has 3 aromatic rings. The fraction of sp³-hybridized carbons (Fsp3) is 0.250. The number of imidazole rings is 1. The van der Waals surface area contributed by atoms with Gasteiger partial charge in [-0.15, -0.1) is 0 Å². The van der Waals surface area contributed by atoms with E-state index in [0.29, 0.717) is 6.04 Å². The predicted molar refractivity (Wildman–Crippen MR) is 84.2 cm³/mol. The lowest BCUT2D eigenvalue weighted by Gasteiger charge is -2.08. The highest BCUT2D eigenvalue weighted by Crippen LogP contribution is 2.21. The lowest BCUT2D eigenvalue weighted by atomic mass is 10.3. The minimum absolute atomic E-state index is 0.342. The van der Waals surface area contributed by atoms with E-state index in [1.54, 1.807) is 0 Å². The first-order valence-electron chi connectivity index (χ1n) is 7.06. The number of anilines is 2. The molecule has 0 atom stereocenters. The first-order chi connectivity index (χ1) is 10.1. The Morgan fingerprint density at radius 3 is 2.52 bits per heavy atom. The number of aromatic nitrogens is 4. The van der Waals surface area contributed by atoms with Crippen molar-refractivity contribution in [3.8, 4) is 5.69 Å². The third-order valence-electron chi connectivity index (χ3n) is 3.25. The van der Waals surface area contributed by atoms with Gasteiger partial charge in [-0.1, -0.05) is 18.2 Å². The molecule has 0 saturated carbocycles. The van der Waals surface area contributed by atoms with Gasteiger partial charge in [-0.3, -0.25) is 9.25 Å². The van der Waals surface area contributed by atoms with Gasteiger partial charge >= 0.3 is 0 Å². The van der Waals surface area contributed by atoms with E-state index >= 15 is 0 Å². The van der Waals surface area contributed by atoms with Crippen molar-refractivity contribution in [3.05, 3.63) is 54.6 Å². The van der Waals surface area contributed by atoms with Crippen molar-refractivity contribution in [1.29, 1.82) is 0 Å². The predicted octanol–water partition coefficient (Wildman–Crippen LogP) is 3.70. The molecule has 0 fully saturated rings. The van der Waals surface area contributed by atoms with Gasteiger partial charge in [-0.05, 0) is 32.9 Å². The number of hydrogen-bond donors (Lipinski definition) is 1. The van der Waals surface area contributed by atoms with E-state index in [1.807, 2.05) is 65.1 Å². The van der Waals surface area contributed by atoms with Crippen molar-refractivity contribution in [3.63, 3.8) is 0 Å². The fourth-order valence-corrected chi connectivity index (χ4v) is 2.17. The highest BCUT2D eigenvalue weighted by atomic mass is 15.3. The molecule has 1 N–H and O–H groups in total. The molecule has 0 bridgehead atoms. The van der Waals surface area contributed by atoms with Crippen LogP contribution in [-0.2, 0) is 0 Å². The Balaban J connectivity index is 1.95. The molecule has 0 radical (unpaired) electrons. The van der Waals surface area contributed by atoms with Crippen LogP contribution >= 0.6 is 0 Å². The zero-order valence-corrected chi connectivity index (χ0v) is 12.5. The smallest absolute Gasteiger partial charge is 0.212 e. The molecule has 21 heavy (non-hydrogen) atoms. The maximum absolute atomic E-state index is 4.55. The molecule has 2 heterocycles. The number of nitrogens with zero attached hydrogens (tertiary/aromatic N) is 4. The molecule has 2 aromatic heterocycles. The van der Waals surface area contributed by atoms with Gasteiger partial charge in [-0.25, -0.2) is 4.98 Å². The lowest BCUT2D eigenvalue weighted by Crippen LogP contribution is -2.02. The molecule has 0 unspecified atom stereocenters. The molecule has 0 amide bonds. The number of nitrogens with one attached hydrogen (secondary N) is 1. The summed E-state index contributed by atoms with van der Waals surface area (Å²) in [5.41, 5.74) is 2.98. The van der Waals surface area contributed by atoms with Crippen LogP contribution < -0.4 is 5.32 Å². The van der Waals surface area contributed by atoms with E-state index in [-0.39, 0.29) is 0 Å². The molecule has 1 aromatic carbocycles. The summed E-state index contributed by atoms with van der Waals surface area (Å²) in [5.74, 6) is 0.794. The molecule has 0 aliphatic rings. The van der Waals surface area contributed by atoms with E-state index in [0.717, 1.165) is 23.0 Å². The Kier molecular flexibility index (Phi) is 3.48. The Bertz CT molecular complexity index is 724. The SMILES string of the molecule is Cc1cn(-c2cnn(C(C)C)c2)c(Nc2ccccc2)n1. The number of hydrogen-bond acceptors (Lipinski definition) is 3. The fourth-order valence-electron chi connectivity index (χ4n) is 2.17. The van der Waals surface area contributed by atoms with Crippen molar-refractivity contribution >= 4 is 11.6 Å². The first-order valence-corrected chi connectivity index (χ1v) is 7.06. The van der Waals surface area contributed by atoms with Crippen LogP contribution in [0.2, 0.25) is 0 Å². The summed E-state index contributed by atoms with van der Waals surface area (Å²) in [6, 6.07) is 10.4. The van der Waals surface area contributed by atoms with E-state index < -0.39 is 0 Å². The molecule has 5 nitrogen and oxygen atoms in total. The number of rotatable bonds is 4. The monoisotopic (exact) mass is 281 g/mol. The van der Waals surface area contributed by atoms with Crippen molar-refractivity contribution in [2.45, 2.75) is 26.8 Å². The number of aryl methyl sites for hydroxylation is 1. The van der Waals surface area contributed by atoms with Crippen LogP contribution in [0.4, 0.5) is 11.6 Å². The van der Waals surface area contributed by atoms with Gasteiger partial charge in [0.05, 0.1) is 17.6 Å². The minimum Gasteiger partial charge on any atom is -0.325 e. The van der Waals surface area contributed by atoms with Gasteiger partial charge in [0.1, 0.15) is 0 Å². The second-order valence-electron chi connectivity index (χ2n) is 5.34. The minimum atomic E-state index is 0.342.